The highest BCUT2D eigenvalue weighted by Crippen LogP contribution is 2.05. The molecule has 0 aromatic heterocycles. The molecule has 8 nitrogen and oxygen atoms in total. The summed E-state index contributed by atoms with van der Waals surface area (Å²) in [6.45, 7) is 3.40. The van der Waals surface area contributed by atoms with E-state index in [1.807, 2.05) is 30.3 Å². The fourth-order valence-corrected chi connectivity index (χ4v) is 2.83. The van der Waals surface area contributed by atoms with Gasteiger partial charge < -0.3 is 25.4 Å². The Morgan fingerprint density at radius 2 is 1.77 bits per heavy atom. The number of likely N-dealkylation sites (N-methyl/N-ethyl adjacent to an activating group) is 1. The lowest BCUT2D eigenvalue weighted by Gasteiger charge is -2.21. The number of hydrogen-bond donors (Lipinski definition) is 2. The van der Waals surface area contributed by atoms with Gasteiger partial charge in [-0.1, -0.05) is 36.8 Å². The lowest BCUT2D eigenvalue weighted by Crippen LogP contribution is -2.42. The highest BCUT2D eigenvalue weighted by molar-refractivity contribution is 5.85. The second-order valence-electron chi connectivity index (χ2n) is 7.11. The number of halogens is 1. The molecule has 0 heterocycles. The molecular weight excluding hydrogens is 422 g/mol. The SMILES string of the molecule is CCOC(=O)CCCCCN(C)C(=O)[C@@H](N)CCCNC(=O)OCc1ccccc1.Cl. The van der Waals surface area contributed by atoms with Crippen LogP contribution in [0.25, 0.3) is 0 Å². The van der Waals surface area contributed by atoms with E-state index in [9.17, 15) is 14.4 Å². The van der Waals surface area contributed by atoms with Crippen molar-refractivity contribution in [3.63, 3.8) is 0 Å². The first kappa shape index (κ1) is 28.7. The number of rotatable bonds is 14. The van der Waals surface area contributed by atoms with Gasteiger partial charge in [-0.05, 0) is 38.2 Å². The number of nitrogens with zero attached hydrogens (tertiary/aromatic N) is 1. The van der Waals surface area contributed by atoms with Gasteiger partial charge in [0.25, 0.3) is 0 Å². The average Bonchev–Trinajstić information content (AvgIpc) is 2.75. The van der Waals surface area contributed by atoms with Gasteiger partial charge in [-0.25, -0.2) is 4.79 Å². The van der Waals surface area contributed by atoms with Crippen LogP contribution in [0.4, 0.5) is 4.79 Å². The molecule has 31 heavy (non-hydrogen) atoms. The molecule has 0 unspecified atom stereocenters. The Morgan fingerprint density at radius 1 is 1.06 bits per heavy atom. The molecule has 0 saturated heterocycles. The lowest BCUT2D eigenvalue weighted by atomic mass is 10.1. The number of nitrogens with one attached hydrogen (secondary N) is 1. The standard InChI is InChI=1S/C22H35N3O5.ClH/c1-3-29-20(26)14-8-5-9-16-25(2)21(27)19(23)13-10-15-24-22(28)30-17-18-11-6-4-7-12-18;/h4,6-7,11-12,19H,3,5,8-10,13-17,23H2,1-2H3,(H,24,28);1H/t19-;/m0./s1. The predicted molar refractivity (Wildman–Crippen MR) is 122 cm³/mol. The van der Waals surface area contributed by atoms with Crippen molar-refractivity contribution >= 4 is 30.4 Å². The molecule has 1 aromatic rings. The van der Waals surface area contributed by atoms with Crippen LogP contribution in [0.15, 0.2) is 30.3 Å². The number of unbranched alkanes of at least 4 members (excludes halogenated alkanes) is 2. The number of amides is 2. The number of hydrogen-bond acceptors (Lipinski definition) is 6. The summed E-state index contributed by atoms with van der Waals surface area (Å²) in [5, 5.41) is 2.66. The Hall–Kier alpha value is -2.32. The van der Waals surface area contributed by atoms with Crippen molar-refractivity contribution in [1.82, 2.24) is 10.2 Å². The largest absolute Gasteiger partial charge is 0.466 e. The molecule has 1 rings (SSSR count). The van der Waals surface area contributed by atoms with Crippen molar-refractivity contribution in [2.45, 2.75) is 58.1 Å². The summed E-state index contributed by atoms with van der Waals surface area (Å²) in [6, 6.07) is 8.84. The minimum atomic E-state index is -0.600. The molecule has 9 heteroatoms. The summed E-state index contributed by atoms with van der Waals surface area (Å²) >= 11 is 0. The monoisotopic (exact) mass is 457 g/mol. The van der Waals surface area contributed by atoms with Crippen LogP contribution in [0.5, 0.6) is 0 Å². The molecule has 0 bridgehead atoms. The van der Waals surface area contributed by atoms with Crippen LogP contribution in [0.3, 0.4) is 0 Å². The fourth-order valence-electron chi connectivity index (χ4n) is 2.83. The van der Waals surface area contributed by atoms with Gasteiger partial charge in [0, 0.05) is 26.6 Å². The summed E-state index contributed by atoms with van der Waals surface area (Å²) in [6.07, 6.45) is 3.39. The molecule has 2 amide bonds. The Balaban J connectivity index is 0.00000900. The topological polar surface area (TPSA) is 111 Å². The second-order valence-corrected chi connectivity index (χ2v) is 7.11. The van der Waals surface area contributed by atoms with Crippen LogP contribution in [0.1, 0.15) is 51.0 Å². The highest BCUT2D eigenvalue weighted by atomic mass is 35.5. The third-order valence-corrected chi connectivity index (χ3v) is 4.55. The summed E-state index contributed by atoms with van der Waals surface area (Å²) < 4.78 is 10.0. The van der Waals surface area contributed by atoms with Gasteiger partial charge in [-0.2, -0.15) is 0 Å². The van der Waals surface area contributed by atoms with Crippen LogP contribution < -0.4 is 11.1 Å². The van der Waals surface area contributed by atoms with E-state index < -0.39 is 12.1 Å². The van der Waals surface area contributed by atoms with Gasteiger partial charge in [0.05, 0.1) is 12.6 Å². The van der Waals surface area contributed by atoms with Gasteiger partial charge >= 0.3 is 12.1 Å². The Bertz CT molecular complexity index is 645. The number of nitrogens with two attached hydrogens (primary N) is 1. The van der Waals surface area contributed by atoms with E-state index in [4.69, 9.17) is 15.2 Å². The van der Waals surface area contributed by atoms with Crippen molar-refractivity contribution in [3.05, 3.63) is 35.9 Å². The average molecular weight is 458 g/mol. The number of ether oxygens (including phenoxy) is 2. The maximum Gasteiger partial charge on any atom is 0.407 e. The maximum atomic E-state index is 12.3. The van der Waals surface area contributed by atoms with Crippen molar-refractivity contribution in [2.24, 2.45) is 5.73 Å². The molecule has 0 spiro atoms. The minimum absolute atomic E-state index is 0. The summed E-state index contributed by atoms with van der Waals surface area (Å²) in [5.74, 6) is -0.298. The quantitative estimate of drug-likeness (QED) is 0.328. The summed E-state index contributed by atoms with van der Waals surface area (Å²) in [4.78, 5) is 36.9. The Kier molecular flexibility index (Phi) is 16.1. The van der Waals surface area contributed by atoms with E-state index in [1.54, 1.807) is 18.9 Å². The van der Waals surface area contributed by atoms with Crippen LogP contribution in [0.2, 0.25) is 0 Å². The van der Waals surface area contributed by atoms with Crippen molar-refractivity contribution in [3.8, 4) is 0 Å². The van der Waals surface area contributed by atoms with Crippen LogP contribution in [0, 0.1) is 0 Å². The lowest BCUT2D eigenvalue weighted by molar-refractivity contribution is -0.143. The van der Waals surface area contributed by atoms with Crippen molar-refractivity contribution < 1.29 is 23.9 Å². The fraction of sp³-hybridized carbons (Fsp3) is 0.591. The second kappa shape index (κ2) is 17.4. The van der Waals surface area contributed by atoms with Crippen LogP contribution in [-0.4, -0.2) is 55.7 Å². The Morgan fingerprint density at radius 3 is 2.45 bits per heavy atom. The minimum Gasteiger partial charge on any atom is -0.466 e. The van der Waals surface area contributed by atoms with Crippen molar-refractivity contribution in [2.75, 3.05) is 26.7 Å². The smallest absolute Gasteiger partial charge is 0.407 e. The van der Waals surface area contributed by atoms with Gasteiger partial charge in [0.1, 0.15) is 6.61 Å². The van der Waals surface area contributed by atoms with Crippen molar-refractivity contribution in [1.29, 1.82) is 0 Å². The zero-order valence-electron chi connectivity index (χ0n) is 18.5. The summed E-state index contributed by atoms with van der Waals surface area (Å²) in [5.41, 5.74) is 6.90. The van der Waals surface area contributed by atoms with E-state index in [0.717, 1.165) is 24.8 Å². The zero-order valence-corrected chi connectivity index (χ0v) is 19.3. The molecule has 0 aliphatic carbocycles. The van der Waals surface area contributed by atoms with Gasteiger partial charge in [0.15, 0.2) is 0 Å². The molecule has 3 N–H and O–H groups in total. The first-order valence-electron chi connectivity index (χ1n) is 10.5. The summed E-state index contributed by atoms with van der Waals surface area (Å²) in [7, 11) is 1.73. The molecule has 0 saturated carbocycles. The molecule has 0 fully saturated rings. The first-order valence-corrected chi connectivity index (χ1v) is 10.5. The normalized spacial score (nSPS) is 11.1. The predicted octanol–water partition coefficient (Wildman–Crippen LogP) is 3.02. The van der Waals surface area contributed by atoms with E-state index in [0.29, 0.717) is 39.0 Å². The third-order valence-electron chi connectivity index (χ3n) is 4.55. The molecule has 0 aliphatic heterocycles. The number of carbonyl (C=O) groups is 3. The van der Waals surface area contributed by atoms with Crippen LogP contribution in [-0.2, 0) is 25.7 Å². The van der Waals surface area contributed by atoms with Gasteiger partial charge in [-0.3, -0.25) is 9.59 Å². The third kappa shape index (κ3) is 13.6. The van der Waals surface area contributed by atoms with E-state index in [1.165, 1.54) is 0 Å². The van der Waals surface area contributed by atoms with Gasteiger partial charge in [-0.15, -0.1) is 12.4 Å². The van der Waals surface area contributed by atoms with E-state index >= 15 is 0 Å². The highest BCUT2D eigenvalue weighted by Gasteiger charge is 2.17. The number of carbonyl (C=O) groups excluding carboxylic acids is 3. The molecule has 1 aromatic carbocycles. The molecule has 176 valence electrons. The van der Waals surface area contributed by atoms with E-state index in [-0.39, 0.29) is 30.9 Å². The van der Waals surface area contributed by atoms with Gasteiger partial charge in [0.2, 0.25) is 5.91 Å². The Labute approximate surface area is 191 Å². The molecule has 0 radical (unpaired) electrons. The maximum absolute atomic E-state index is 12.3. The number of esters is 1. The molecule has 1 atom stereocenters. The molecular formula is C22H36ClN3O5. The van der Waals surface area contributed by atoms with E-state index in [2.05, 4.69) is 5.32 Å². The number of alkyl carbamates (subject to hydrolysis) is 1. The van der Waals surface area contributed by atoms with Crippen LogP contribution >= 0.6 is 12.4 Å². The zero-order chi connectivity index (χ0) is 22.2. The number of benzene rings is 1. The first-order chi connectivity index (χ1) is 14.4. The molecule has 0 aliphatic rings.